The van der Waals surface area contributed by atoms with Crippen molar-refractivity contribution in [2.24, 2.45) is 0 Å². The lowest BCUT2D eigenvalue weighted by Crippen LogP contribution is -2.15. The van der Waals surface area contributed by atoms with E-state index in [2.05, 4.69) is 34.3 Å². The zero-order valence-corrected chi connectivity index (χ0v) is 17.8. The maximum atomic E-state index is 14.6. The van der Waals surface area contributed by atoms with Gasteiger partial charge in [-0.15, -0.1) is 0 Å². The highest BCUT2D eigenvalue weighted by molar-refractivity contribution is 6.04. The number of anilines is 1. The molecule has 1 aliphatic carbocycles. The summed E-state index contributed by atoms with van der Waals surface area (Å²) in [5, 5.41) is 6.60. The molecule has 1 aromatic carbocycles. The van der Waals surface area contributed by atoms with Crippen LogP contribution in [0.15, 0.2) is 41.2 Å². The average Bonchev–Trinajstić information content (AvgIpc) is 3.17. The molecule has 1 N–H and O–H groups in total. The molecular formula is C23H21F2N5O2. The van der Waals surface area contributed by atoms with E-state index < -0.39 is 23.8 Å². The minimum atomic E-state index is -0.977. The van der Waals surface area contributed by atoms with Gasteiger partial charge in [0, 0.05) is 23.0 Å². The Morgan fingerprint density at radius 1 is 1.31 bits per heavy atom. The summed E-state index contributed by atoms with van der Waals surface area (Å²) in [5.74, 6) is -0.670. The fourth-order valence-electron chi connectivity index (χ4n) is 3.57. The molecule has 0 spiro atoms. The number of hydrogen-bond acceptors (Lipinski definition) is 5. The zero-order valence-electron chi connectivity index (χ0n) is 17.8. The van der Waals surface area contributed by atoms with Gasteiger partial charge in [0.2, 0.25) is 11.7 Å². The summed E-state index contributed by atoms with van der Waals surface area (Å²) < 4.78 is 34.7. The van der Waals surface area contributed by atoms with Crippen molar-refractivity contribution in [1.29, 1.82) is 0 Å². The Balaban J connectivity index is 1.44. The second-order valence-corrected chi connectivity index (χ2v) is 8.39. The molecule has 3 aromatic heterocycles. The SMILES string of the molecule is Cc1c(F)cc(-c2noc([C@H]3C[C@@H]3F)n2)cc1NC(=O)c1cnc2cc(C(C)C)ccn12. The molecule has 4 aromatic rings. The van der Waals surface area contributed by atoms with Crippen molar-refractivity contribution in [2.45, 2.75) is 45.2 Å². The lowest BCUT2D eigenvalue weighted by Gasteiger charge is -2.11. The smallest absolute Gasteiger partial charge is 0.274 e. The van der Waals surface area contributed by atoms with E-state index in [1.54, 1.807) is 23.6 Å². The van der Waals surface area contributed by atoms with E-state index in [0.29, 0.717) is 29.2 Å². The summed E-state index contributed by atoms with van der Waals surface area (Å²) in [6.07, 6.45) is 2.66. The van der Waals surface area contributed by atoms with Crippen LogP contribution in [0.4, 0.5) is 14.5 Å². The highest BCUT2D eigenvalue weighted by Crippen LogP contribution is 2.43. The summed E-state index contributed by atoms with van der Waals surface area (Å²) in [6.45, 7) is 5.73. The first kappa shape index (κ1) is 20.3. The van der Waals surface area contributed by atoms with Crippen LogP contribution in [0.1, 0.15) is 59.6 Å². The van der Waals surface area contributed by atoms with E-state index in [9.17, 15) is 13.6 Å². The van der Waals surface area contributed by atoms with Gasteiger partial charge in [-0.25, -0.2) is 13.8 Å². The van der Waals surface area contributed by atoms with E-state index >= 15 is 0 Å². The molecular weight excluding hydrogens is 416 g/mol. The molecule has 1 aliphatic rings. The average molecular weight is 437 g/mol. The van der Waals surface area contributed by atoms with Crippen molar-refractivity contribution >= 4 is 17.2 Å². The number of alkyl halides is 1. The van der Waals surface area contributed by atoms with Crippen LogP contribution in [0.25, 0.3) is 17.0 Å². The zero-order chi connectivity index (χ0) is 22.6. The Morgan fingerprint density at radius 3 is 2.81 bits per heavy atom. The number of aromatic nitrogens is 4. The summed E-state index contributed by atoms with van der Waals surface area (Å²) in [5.41, 5.74) is 2.97. The quantitative estimate of drug-likeness (QED) is 0.473. The number of carbonyl (C=O) groups excluding carboxylic acids is 1. The number of fused-ring (bicyclic) bond motifs is 1. The first-order valence-electron chi connectivity index (χ1n) is 10.4. The van der Waals surface area contributed by atoms with Gasteiger partial charge in [-0.1, -0.05) is 19.0 Å². The number of nitrogens with one attached hydrogen (secondary N) is 1. The number of imidazole rings is 1. The summed E-state index contributed by atoms with van der Waals surface area (Å²) >= 11 is 0. The molecule has 1 fully saturated rings. The number of halogens is 2. The lowest BCUT2D eigenvalue weighted by atomic mass is 10.1. The van der Waals surface area contributed by atoms with Crippen molar-refractivity contribution in [2.75, 3.05) is 5.32 Å². The van der Waals surface area contributed by atoms with E-state index in [1.807, 2.05) is 12.1 Å². The van der Waals surface area contributed by atoms with Crippen LogP contribution >= 0.6 is 0 Å². The fraction of sp³-hybridized carbons (Fsp3) is 0.304. The monoisotopic (exact) mass is 437 g/mol. The summed E-state index contributed by atoms with van der Waals surface area (Å²) in [7, 11) is 0. The number of amides is 1. The maximum absolute atomic E-state index is 14.6. The van der Waals surface area contributed by atoms with E-state index in [0.717, 1.165) is 5.56 Å². The molecule has 1 saturated carbocycles. The Labute approximate surface area is 182 Å². The van der Waals surface area contributed by atoms with Gasteiger partial charge in [0.25, 0.3) is 5.91 Å². The van der Waals surface area contributed by atoms with Crippen molar-refractivity contribution in [3.63, 3.8) is 0 Å². The molecule has 3 heterocycles. The fourth-order valence-corrected chi connectivity index (χ4v) is 3.57. The van der Waals surface area contributed by atoms with Crippen LogP contribution < -0.4 is 5.32 Å². The molecule has 7 nitrogen and oxygen atoms in total. The Kier molecular flexibility index (Phi) is 4.76. The molecule has 5 rings (SSSR count). The van der Waals surface area contributed by atoms with E-state index in [-0.39, 0.29) is 23.0 Å². The molecule has 1 amide bonds. The van der Waals surface area contributed by atoms with Crippen molar-refractivity contribution < 1.29 is 18.1 Å². The Morgan fingerprint density at radius 2 is 2.09 bits per heavy atom. The number of rotatable bonds is 5. The largest absolute Gasteiger partial charge is 0.339 e. The molecule has 32 heavy (non-hydrogen) atoms. The first-order chi connectivity index (χ1) is 15.3. The second-order valence-electron chi connectivity index (χ2n) is 8.39. The minimum absolute atomic E-state index is 0.143. The van der Waals surface area contributed by atoms with Crippen LogP contribution in [0.3, 0.4) is 0 Å². The van der Waals surface area contributed by atoms with Crippen LogP contribution in [-0.2, 0) is 0 Å². The predicted octanol–water partition coefficient (Wildman–Crippen LogP) is 5.03. The third-order valence-corrected chi connectivity index (χ3v) is 5.76. The van der Waals surface area contributed by atoms with Crippen LogP contribution in [-0.4, -0.2) is 31.6 Å². The van der Waals surface area contributed by atoms with Crippen molar-refractivity contribution in [3.8, 4) is 11.4 Å². The van der Waals surface area contributed by atoms with Gasteiger partial charge < -0.3 is 9.84 Å². The van der Waals surface area contributed by atoms with Gasteiger partial charge in [0.05, 0.1) is 12.1 Å². The number of benzene rings is 1. The van der Waals surface area contributed by atoms with Gasteiger partial charge in [0.1, 0.15) is 23.3 Å². The van der Waals surface area contributed by atoms with E-state index in [4.69, 9.17) is 4.52 Å². The number of carbonyl (C=O) groups is 1. The topological polar surface area (TPSA) is 85.3 Å². The van der Waals surface area contributed by atoms with Gasteiger partial charge >= 0.3 is 0 Å². The predicted molar refractivity (Wildman–Crippen MR) is 114 cm³/mol. The molecule has 0 radical (unpaired) electrons. The Bertz CT molecular complexity index is 1340. The third-order valence-electron chi connectivity index (χ3n) is 5.76. The number of hydrogen-bond donors (Lipinski definition) is 1. The molecule has 0 bridgehead atoms. The van der Waals surface area contributed by atoms with Gasteiger partial charge in [0.15, 0.2) is 0 Å². The molecule has 0 unspecified atom stereocenters. The number of nitrogens with zero attached hydrogens (tertiary/aromatic N) is 4. The molecule has 2 atom stereocenters. The van der Waals surface area contributed by atoms with Gasteiger partial charge in [-0.3, -0.25) is 9.20 Å². The normalized spacial score (nSPS) is 17.8. The van der Waals surface area contributed by atoms with Gasteiger partial charge in [-0.2, -0.15) is 4.98 Å². The second kappa shape index (κ2) is 7.51. The van der Waals surface area contributed by atoms with Crippen molar-refractivity contribution in [3.05, 3.63) is 65.2 Å². The molecule has 164 valence electrons. The maximum Gasteiger partial charge on any atom is 0.274 e. The van der Waals surface area contributed by atoms with Crippen LogP contribution in [0.2, 0.25) is 0 Å². The number of pyridine rings is 1. The Hall–Kier alpha value is -3.62. The van der Waals surface area contributed by atoms with Crippen molar-refractivity contribution in [1.82, 2.24) is 19.5 Å². The molecule has 9 heteroatoms. The standard InChI is InChI=1S/C23H21F2N5O2/c1-11(2)13-4-5-30-19(10-26-20(30)8-13)22(31)27-18-7-14(6-16(24)12(18)3)21-28-23(32-29-21)15-9-17(15)25/h4-8,10-11,15,17H,9H2,1-3H3,(H,27,31)/t15-,17-/m0/s1. The lowest BCUT2D eigenvalue weighted by molar-refractivity contribution is 0.102. The minimum Gasteiger partial charge on any atom is -0.339 e. The summed E-state index contributed by atoms with van der Waals surface area (Å²) in [4.78, 5) is 21.5. The molecule has 0 aliphatic heterocycles. The van der Waals surface area contributed by atoms with Gasteiger partial charge in [-0.05, 0) is 49.1 Å². The highest BCUT2D eigenvalue weighted by atomic mass is 19.1. The first-order valence-corrected chi connectivity index (χ1v) is 10.4. The third kappa shape index (κ3) is 3.53. The van der Waals surface area contributed by atoms with Crippen LogP contribution in [0, 0.1) is 12.7 Å². The van der Waals surface area contributed by atoms with Crippen LogP contribution in [0.5, 0.6) is 0 Å². The molecule has 0 saturated heterocycles. The summed E-state index contributed by atoms with van der Waals surface area (Å²) in [6, 6.07) is 6.71. The van der Waals surface area contributed by atoms with E-state index in [1.165, 1.54) is 12.3 Å². The highest BCUT2D eigenvalue weighted by Gasteiger charge is 2.43.